The molecule has 3 heterocycles. The van der Waals surface area contributed by atoms with Gasteiger partial charge in [-0.05, 0) is 36.2 Å². The number of aromatic hydroxyl groups is 1. The molecule has 2 N–H and O–H groups in total. The molecule has 1 unspecified atom stereocenters. The van der Waals surface area contributed by atoms with Crippen molar-refractivity contribution < 1.29 is 14.3 Å². The van der Waals surface area contributed by atoms with Crippen LogP contribution in [0.5, 0.6) is 5.75 Å². The Hall–Kier alpha value is -3.52. The molecule has 7 nitrogen and oxygen atoms in total. The average molecular weight is 422 g/mol. The summed E-state index contributed by atoms with van der Waals surface area (Å²) in [6.45, 7) is 3.49. The minimum atomic E-state index is -0.561. The molecule has 0 saturated carbocycles. The van der Waals surface area contributed by atoms with Crippen molar-refractivity contribution in [3.8, 4) is 5.75 Å². The van der Waals surface area contributed by atoms with Crippen LogP contribution >= 0.6 is 0 Å². The van der Waals surface area contributed by atoms with E-state index in [0.717, 1.165) is 11.1 Å². The van der Waals surface area contributed by atoms with Crippen molar-refractivity contribution in [1.82, 2.24) is 19.8 Å². The van der Waals surface area contributed by atoms with E-state index in [9.17, 15) is 19.1 Å². The zero-order valence-electron chi connectivity index (χ0n) is 17.1. The first-order chi connectivity index (χ1) is 14.9. The third kappa shape index (κ3) is 4.34. The van der Waals surface area contributed by atoms with Crippen molar-refractivity contribution in [3.05, 3.63) is 93.4 Å². The van der Waals surface area contributed by atoms with Gasteiger partial charge in [-0.1, -0.05) is 18.2 Å². The van der Waals surface area contributed by atoms with Gasteiger partial charge in [-0.25, -0.2) is 4.39 Å². The molecule has 3 aromatic rings. The van der Waals surface area contributed by atoms with Crippen LogP contribution in [0.25, 0.3) is 0 Å². The lowest BCUT2D eigenvalue weighted by Gasteiger charge is -2.31. The Balaban J connectivity index is 1.54. The van der Waals surface area contributed by atoms with E-state index in [2.05, 4.69) is 10.3 Å². The van der Waals surface area contributed by atoms with Gasteiger partial charge in [-0.15, -0.1) is 0 Å². The number of halogens is 1. The molecule has 1 aromatic carbocycles. The lowest BCUT2D eigenvalue weighted by atomic mass is 10.1. The number of nitrogens with zero attached hydrogens (tertiary/aromatic N) is 3. The molecule has 160 valence electrons. The van der Waals surface area contributed by atoms with E-state index in [1.807, 2.05) is 19.1 Å². The summed E-state index contributed by atoms with van der Waals surface area (Å²) in [6, 6.07) is 9.34. The first kappa shape index (κ1) is 20.7. The van der Waals surface area contributed by atoms with Gasteiger partial charge in [0.05, 0.1) is 0 Å². The van der Waals surface area contributed by atoms with Gasteiger partial charge in [0.25, 0.3) is 5.91 Å². The monoisotopic (exact) mass is 422 g/mol. The molecular formula is C23H23FN4O3. The van der Waals surface area contributed by atoms with Crippen molar-refractivity contribution >= 4 is 5.91 Å². The Morgan fingerprint density at radius 2 is 1.94 bits per heavy atom. The third-order valence-electron chi connectivity index (χ3n) is 5.47. The molecule has 4 rings (SSSR count). The summed E-state index contributed by atoms with van der Waals surface area (Å²) >= 11 is 0. The molecule has 1 aliphatic rings. The largest absolute Gasteiger partial charge is 0.503 e. The Morgan fingerprint density at radius 1 is 1.16 bits per heavy atom. The predicted octanol–water partition coefficient (Wildman–Crippen LogP) is 2.59. The van der Waals surface area contributed by atoms with Crippen molar-refractivity contribution in [2.24, 2.45) is 0 Å². The molecule has 8 heteroatoms. The minimum absolute atomic E-state index is 0.0124. The Morgan fingerprint density at radius 3 is 2.65 bits per heavy atom. The molecule has 0 radical (unpaired) electrons. The molecule has 2 aromatic heterocycles. The van der Waals surface area contributed by atoms with E-state index < -0.39 is 17.1 Å². The van der Waals surface area contributed by atoms with Crippen LogP contribution in [-0.4, -0.2) is 32.0 Å². The van der Waals surface area contributed by atoms with Gasteiger partial charge < -0.3 is 19.9 Å². The van der Waals surface area contributed by atoms with E-state index in [1.165, 1.54) is 12.1 Å². The number of benzene rings is 1. The maximum absolute atomic E-state index is 13.1. The van der Waals surface area contributed by atoms with Crippen LogP contribution < -0.4 is 10.7 Å². The molecule has 1 amide bonds. The number of rotatable bonds is 6. The van der Waals surface area contributed by atoms with E-state index in [4.69, 9.17) is 0 Å². The van der Waals surface area contributed by atoms with E-state index in [0.29, 0.717) is 25.2 Å². The van der Waals surface area contributed by atoms with Gasteiger partial charge in [-0.3, -0.25) is 14.6 Å². The van der Waals surface area contributed by atoms with Crippen LogP contribution in [0.3, 0.4) is 0 Å². The second-order valence-electron chi connectivity index (χ2n) is 7.62. The van der Waals surface area contributed by atoms with Crippen molar-refractivity contribution in [3.63, 3.8) is 0 Å². The number of carbonyl (C=O) groups is 1. The highest BCUT2D eigenvalue weighted by atomic mass is 19.1. The molecule has 0 saturated heterocycles. The summed E-state index contributed by atoms with van der Waals surface area (Å²) in [5.74, 6) is -1.31. The predicted molar refractivity (Wildman–Crippen MR) is 113 cm³/mol. The first-order valence-electron chi connectivity index (χ1n) is 10.1. The van der Waals surface area contributed by atoms with Crippen molar-refractivity contribution in [1.29, 1.82) is 0 Å². The van der Waals surface area contributed by atoms with Gasteiger partial charge in [0.2, 0.25) is 5.43 Å². The zero-order valence-corrected chi connectivity index (χ0v) is 17.1. The summed E-state index contributed by atoms with van der Waals surface area (Å²) in [4.78, 5) is 31.4. The van der Waals surface area contributed by atoms with Gasteiger partial charge >= 0.3 is 0 Å². The van der Waals surface area contributed by atoms with Crippen LogP contribution in [0, 0.1) is 5.82 Å². The highest BCUT2D eigenvalue weighted by molar-refractivity contribution is 5.95. The van der Waals surface area contributed by atoms with Crippen LogP contribution in [0.15, 0.2) is 59.8 Å². The van der Waals surface area contributed by atoms with Crippen LogP contribution in [-0.2, 0) is 19.6 Å². The summed E-state index contributed by atoms with van der Waals surface area (Å²) < 4.78 is 14.8. The van der Waals surface area contributed by atoms with Gasteiger partial charge in [0, 0.05) is 56.4 Å². The maximum atomic E-state index is 13.1. The quantitative estimate of drug-likeness (QED) is 0.638. The fraction of sp³-hybridized carbons (Fsp3) is 0.261. The van der Waals surface area contributed by atoms with Crippen molar-refractivity contribution in [2.75, 3.05) is 6.54 Å². The van der Waals surface area contributed by atoms with Crippen molar-refractivity contribution in [2.45, 2.75) is 32.6 Å². The standard InChI is InChI=1S/C23H23FN4O3/c1-15(26-12-17-3-2-8-25-11-17)19-14-27-9-10-28(13-16-4-6-18(24)7-5-16)23(31)20(27)22(30)21(19)29/h2-8,11,14-15,26,30H,9-10,12-13H2,1H3. The number of amides is 1. The number of carbonyl (C=O) groups excluding carboxylic acids is 1. The van der Waals surface area contributed by atoms with Gasteiger partial charge in [0.15, 0.2) is 11.4 Å². The summed E-state index contributed by atoms with van der Waals surface area (Å²) in [5, 5.41) is 13.8. The summed E-state index contributed by atoms with van der Waals surface area (Å²) in [6.07, 6.45) is 5.08. The number of nitrogens with one attached hydrogen (secondary N) is 1. The highest BCUT2D eigenvalue weighted by Gasteiger charge is 2.30. The van der Waals surface area contributed by atoms with E-state index >= 15 is 0 Å². The van der Waals surface area contributed by atoms with Gasteiger partial charge in [0.1, 0.15) is 5.82 Å². The number of fused-ring (bicyclic) bond motifs is 1. The SMILES string of the molecule is CC(NCc1cccnc1)c1cn2c(c(O)c1=O)C(=O)N(Cc1ccc(F)cc1)CC2. The van der Waals surface area contributed by atoms with Crippen LogP contribution in [0.2, 0.25) is 0 Å². The maximum Gasteiger partial charge on any atom is 0.274 e. The number of aromatic nitrogens is 2. The smallest absolute Gasteiger partial charge is 0.274 e. The lowest BCUT2D eigenvalue weighted by Crippen LogP contribution is -2.42. The summed E-state index contributed by atoms with van der Waals surface area (Å²) in [5.41, 5.74) is 1.57. The van der Waals surface area contributed by atoms with E-state index in [1.54, 1.807) is 40.2 Å². The molecule has 0 aliphatic carbocycles. The Kier molecular flexibility index (Phi) is 5.81. The number of hydrogen-bond donors (Lipinski definition) is 2. The molecule has 1 aliphatic heterocycles. The topological polar surface area (TPSA) is 87.5 Å². The molecular weight excluding hydrogens is 399 g/mol. The molecule has 31 heavy (non-hydrogen) atoms. The fourth-order valence-corrected chi connectivity index (χ4v) is 3.70. The lowest BCUT2D eigenvalue weighted by molar-refractivity contribution is 0.0683. The van der Waals surface area contributed by atoms with Crippen LogP contribution in [0.1, 0.15) is 40.1 Å². The number of pyridine rings is 2. The third-order valence-corrected chi connectivity index (χ3v) is 5.47. The second-order valence-corrected chi connectivity index (χ2v) is 7.62. The normalized spacial score (nSPS) is 14.4. The average Bonchev–Trinajstić information content (AvgIpc) is 2.78. The highest BCUT2D eigenvalue weighted by Crippen LogP contribution is 2.24. The minimum Gasteiger partial charge on any atom is -0.503 e. The first-order valence-corrected chi connectivity index (χ1v) is 10.1. The Labute approximate surface area is 178 Å². The molecule has 0 spiro atoms. The van der Waals surface area contributed by atoms with E-state index in [-0.39, 0.29) is 24.1 Å². The fourth-order valence-electron chi connectivity index (χ4n) is 3.70. The second kappa shape index (κ2) is 8.69. The van der Waals surface area contributed by atoms with Gasteiger partial charge in [-0.2, -0.15) is 0 Å². The molecule has 1 atom stereocenters. The Bertz CT molecular complexity index is 1150. The molecule has 0 fully saturated rings. The number of hydrogen-bond acceptors (Lipinski definition) is 5. The zero-order chi connectivity index (χ0) is 22.0. The van der Waals surface area contributed by atoms with Crippen LogP contribution in [0.4, 0.5) is 4.39 Å². The molecule has 0 bridgehead atoms. The summed E-state index contributed by atoms with van der Waals surface area (Å²) in [7, 11) is 0.